The third-order valence-electron chi connectivity index (χ3n) is 2.72. The molecule has 2 atom stereocenters. The molecule has 1 N–H and O–H groups in total. The van der Waals surface area contributed by atoms with Crippen LogP contribution in [0.1, 0.15) is 33.6 Å². The van der Waals surface area contributed by atoms with Gasteiger partial charge in [-0.25, -0.2) is 0 Å². The molecule has 1 rings (SSSR count). The van der Waals surface area contributed by atoms with Gasteiger partial charge in [0.2, 0.25) is 5.91 Å². The van der Waals surface area contributed by atoms with Crippen molar-refractivity contribution in [3.05, 3.63) is 12.2 Å². The molecule has 15 heavy (non-hydrogen) atoms. The Labute approximate surface area is 90.9 Å². The van der Waals surface area contributed by atoms with Gasteiger partial charge in [0.15, 0.2) is 0 Å². The lowest BCUT2D eigenvalue weighted by Gasteiger charge is -2.26. The number of Topliss-reactive ketones (excluding diaryl/α,β-unsaturated/α-hetero) is 1. The first-order valence-electron chi connectivity index (χ1n) is 5.48. The van der Waals surface area contributed by atoms with Gasteiger partial charge in [-0.15, -0.1) is 0 Å². The van der Waals surface area contributed by atoms with Gasteiger partial charge >= 0.3 is 0 Å². The molecule has 2 unspecified atom stereocenters. The van der Waals surface area contributed by atoms with Crippen LogP contribution < -0.4 is 5.32 Å². The number of hydrogen-bond donors (Lipinski definition) is 1. The Bertz CT molecular complexity index is 281. The largest absolute Gasteiger partial charge is 0.354 e. The Kier molecular flexibility index (Phi) is 4.06. The molecule has 0 aromatic heterocycles. The number of hydrogen-bond acceptors (Lipinski definition) is 2. The summed E-state index contributed by atoms with van der Waals surface area (Å²) in [5.41, 5.74) is 0. The van der Waals surface area contributed by atoms with Crippen LogP contribution in [0.2, 0.25) is 0 Å². The van der Waals surface area contributed by atoms with Gasteiger partial charge in [-0.1, -0.05) is 12.2 Å². The van der Waals surface area contributed by atoms with Crippen molar-refractivity contribution in [3.63, 3.8) is 0 Å². The lowest BCUT2D eigenvalue weighted by atomic mass is 9.80. The zero-order valence-corrected chi connectivity index (χ0v) is 9.62. The average molecular weight is 209 g/mol. The molecule has 84 valence electrons. The zero-order valence-electron chi connectivity index (χ0n) is 9.62. The van der Waals surface area contributed by atoms with Crippen molar-refractivity contribution < 1.29 is 9.59 Å². The van der Waals surface area contributed by atoms with E-state index >= 15 is 0 Å². The van der Waals surface area contributed by atoms with Crippen LogP contribution in [0.15, 0.2) is 12.2 Å². The highest BCUT2D eigenvalue weighted by Crippen LogP contribution is 2.26. The molecular formula is C12H19NO2. The summed E-state index contributed by atoms with van der Waals surface area (Å²) >= 11 is 0. The second-order valence-electron chi connectivity index (χ2n) is 4.43. The van der Waals surface area contributed by atoms with E-state index in [1.54, 1.807) is 6.92 Å². The summed E-state index contributed by atoms with van der Waals surface area (Å²) in [4.78, 5) is 23.2. The molecule has 3 nitrogen and oxygen atoms in total. The quantitative estimate of drug-likeness (QED) is 0.719. The lowest BCUT2D eigenvalue weighted by Crippen LogP contribution is -2.41. The predicted octanol–water partition coefficient (Wildman–Crippen LogP) is 1.68. The van der Waals surface area contributed by atoms with Crippen LogP contribution >= 0.6 is 0 Å². The summed E-state index contributed by atoms with van der Waals surface area (Å²) in [7, 11) is 0. The first-order valence-corrected chi connectivity index (χ1v) is 5.48. The second kappa shape index (κ2) is 5.10. The van der Waals surface area contributed by atoms with E-state index in [2.05, 4.69) is 5.32 Å². The third kappa shape index (κ3) is 3.18. The summed E-state index contributed by atoms with van der Waals surface area (Å²) in [6.45, 7) is 5.43. The van der Waals surface area contributed by atoms with E-state index in [0.717, 1.165) is 0 Å². The van der Waals surface area contributed by atoms with Crippen molar-refractivity contribution in [1.29, 1.82) is 0 Å². The average Bonchev–Trinajstić information content (AvgIpc) is 2.16. The van der Waals surface area contributed by atoms with E-state index in [9.17, 15) is 9.59 Å². The van der Waals surface area contributed by atoms with E-state index in [4.69, 9.17) is 0 Å². The molecule has 1 aliphatic rings. The minimum atomic E-state index is -0.171. The SMILES string of the molecule is CC(=O)C1CC=CCC1C(=O)NC(C)C. The minimum Gasteiger partial charge on any atom is -0.354 e. The smallest absolute Gasteiger partial charge is 0.224 e. The second-order valence-corrected chi connectivity index (χ2v) is 4.43. The first kappa shape index (κ1) is 12.0. The molecule has 0 aromatic carbocycles. The maximum absolute atomic E-state index is 11.8. The lowest BCUT2D eigenvalue weighted by molar-refractivity contribution is -0.133. The zero-order chi connectivity index (χ0) is 11.4. The number of amides is 1. The fourth-order valence-corrected chi connectivity index (χ4v) is 1.94. The van der Waals surface area contributed by atoms with Crippen LogP contribution in [0.4, 0.5) is 0 Å². The summed E-state index contributed by atoms with van der Waals surface area (Å²) in [6, 6.07) is 0.135. The van der Waals surface area contributed by atoms with Crippen molar-refractivity contribution in [1.82, 2.24) is 5.32 Å². The van der Waals surface area contributed by atoms with E-state index in [1.807, 2.05) is 26.0 Å². The van der Waals surface area contributed by atoms with Crippen molar-refractivity contribution >= 4 is 11.7 Å². The molecule has 0 saturated heterocycles. The summed E-state index contributed by atoms with van der Waals surface area (Å²) in [5.74, 6) is -0.179. The summed E-state index contributed by atoms with van der Waals surface area (Å²) < 4.78 is 0. The number of carbonyl (C=O) groups is 2. The van der Waals surface area contributed by atoms with Gasteiger partial charge in [-0.05, 0) is 33.6 Å². The molecule has 0 saturated carbocycles. The standard InChI is InChI=1S/C12H19NO2/c1-8(2)13-12(15)11-7-5-4-6-10(11)9(3)14/h4-5,8,10-11H,6-7H2,1-3H3,(H,13,15). The molecular weight excluding hydrogens is 190 g/mol. The fourth-order valence-electron chi connectivity index (χ4n) is 1.94. The third-order valence-corrected chi connectivity index (χ3v) is 2.72. The highest BCUT2D eigenvalue weighted by atomic mass is 16.2. The molecule has 0 bridgehead atoms. The monoisotopic (exact) mass is 209 g/mol. The van der Waals surface area contributed by atoms with Crippen LogP contribution in [-0.4, -0.2) is 17.7 Å². The topological polar surface area (TPSA) is 46.2 Å². The highest BCUT2D eigenvalue weighted by Gasteiger charge is 2.31. The molecule has 0 aliphatic heterocycles. The molecule has 0 radical (unpaired) electrons. The van der Waals surface area contributed by atoms with Crippen molar-refractivity contribution in [2.75, 3.05) is 0 Å². The maximum Gasteiger partial charge on any atom is 0.224 e. The molecule has 0 spiro atoms. The van der Waals surface area contributed by atoms with Gasteiger partial charge in [-0.3, -0.25) is 9.59 Å². The number of rotatable bonds is 3. The Morgan fingerprint density at radius 3 is 2.20 bits per heavy atom. The number of ketones is 1. The van der Waals surface area contributed by atoms with Crippen LogP contribution in [0.3, 0.4) is 0 Å². The van der Waals surface area contributed by atoms with Gasteiger partial charge in [0.1, 0.15) is 5.78 Å². The van der Waals surface area contributed by atoms with Gasteiger partial charge in [0, 0.05) is 12.0 Å². The number of allylic oxidation sites excluding steroid dienone is 2. The highest BCUT2D eigenvalue weighted by molar-refractivity contribution is 5.88. The molecule has 0 heterocycles. The molecule has 3 heteroatoms. The van der Waals surface area contributed by atoms with Crippen LogP contribution in [0, 0.1) is 11.8 Å². The summed E-state index contributed by atoms with van der Waals surface area (Å²) in [5, 5.41) is 2.87. The molecule has 1 amide bonds. The fraction of sp³-hybridized carbons (Fsp3) is 0.667. The number of carbonyl (C=O) groups excluding carboxylic acids is 2. The normalized spacial score (nSPS) is 25.3. The van der Waals surface area contributed by atoms with Crippen LogP contribution in [0.5, 0.6) is 0 Å². The van der Waals surface area contributed by atoms with E-state index in [0.29, 0.717) is 12.8 Å². The molecule has 0 aromatic rings. The van der Waals surface area contributed by atoms with Gasteiger partial charge in [0.25, 0.3) is 0 Å². The Morgan fingerprint density at radius 1 is 1.20 bits per heavy atom. The number of nitrogens with one attached hydrogen (secondary N) is 1. The minimum absolute atomic E-state index is 0.00884. The van der Waals surface area contributed by atoms with Crippen LogP contribution in [-0.2, 0) is 9.59 Å². The Morgan fingerprint density at radius 2 is 1.73 bits per heavy atom. The Hall–Kier alpha value is -1.12. The van der Waals surface area contributed by atoms with E-state index in [1.165, 1.54) is 0 Å². The van der Waals surface area contributed by atoms with Crippen molar-refractivity contribution in [2.24, 2.45) is 11.8 Å². The van der Waals surface area contributed by atoms with Gasteiger partial charge < -0.3 is 5.32 Å². The van der Waals surface area contributed by atoms with Crippen molar-refractivity contribution in [2.45, 2.75) is 39.7 Å². The van der Waals surface area contributed by atoms with Crippen LogP contribution in [0.25, 0.3) is 0 Å². The van der Waals surface area contributed by atoms with Gasteiger partial charge in [0.05, 0.1) is 5.92 Å². The van der Waals surface area contributed by atoms with E-state index in [-0.39, 0.29) is 29.6 Å². The van der Waals surface area contributed by atoms with Crippen molar-refractivity contribution in [3.8, 4) is 0 Å². The molecule has 1 aliphatic carbocycles. The summed E-state index contributed by atoms with van der Waals surface area (Å²) in [6.07, 6.45) is 5.36. The Balaban J connectivity index is 2.69. The van der Waals surface area contributed by atoms with Gasteiger partial charge in [-0.2, -0.15) is 0 Å². The molecule has 0 fully saturated rings. The first-order chi connectivity index (χ1) is 7.02. The maximum atomic E-state index is 11.8. The van der Waals surface area contributed by atoms with E-state index < -0.39 is 0 Å². The predicted molar refractivity (Wildman–Crippen MR) is 59.3 cm³/mol.